The first-order valence-electron chi connectivity index (χ1n) is 5.44. The van der Waals surface area contributed by atoms with Crippen molar-refractivity contribution in [2.24, 2.45) is 5.41 Å². The van der Waals surface area contributed by atoms with Gasteiger partial charge in [0, 0.05) is 0 Å². The van der Waals surface area contributed by atoms with E-state index in [4.69, 9.17) is 0 Å². The first-order chi connectivity index (χ1) is 7.64. The smallest absolute Gasteiger partial charge is 0.140 e. The molecule has 0 bridgehead atoms. The fourth-order valence-corrected chi connectivity index (χ4v) is 1.86. The van der Waals surface area contributed by atoms with Crippen LogP contribution in [0.5, 0.6) is 0 Å². The van der Waals surface area contributed by atoms with Crippen molar-refractivity contribution < 1.29 is 4.79 Å². The average molecular weight is 214 g/mol. The van der Waals surface area contributed by atoms with Crippen LogP contribution in [-0.2, 0) is 11.2 Å². The van der Waals surface area contributed by atoms with Crippen LogP contribution in [0.2, 0.25) is 0 Å². The van der Waals surface area contributed by atoms with Gasteiger partial charge in [-0.25, -0.2) is 0 Å². The van der Waals surface area contributed by atoms with Crippen LogP contribution < -0.4 is 0 Å². The van der Waals surface area contributed by atoms with Crippen molar-refractivity contribution in [3.8, 4) is 0 Å². The van der Waals surface area contributed by atoms with E-state index in [1.54, 1.807) is 19.1 Å². The Balaban J connectivity index is 2.98. The molecule has 1 aromatic carbocycles. The SMILES string of the molecule is C=CCC(C=C)(Cc1ccccc1)C(C)=O. The van der Waals surface area contributed by atoms with E-state index in [1.807, 2.05) is 30.3 Å². The number of rotatable bonds is 6. The Labute approximate surface area is 97.5 Å². The highest BCUT2D eigenvalue weighted by molar-refractivity contribution is 5.84. The topological polar surface area (TPSA) is 17.1 Å². The summed E-state index contributed by atoms with van der Waals surface area (Å²) in [5.74, 6) is 0.145. The second-order valence-electron chi connectivity index (χ2n) is 4.07. The molecule has 0 aromatic heterocycles. The van der Waals surface area contributed by atoms with Crippen molar-refractivity contribution in [2.45, 2.75) is 19.8 Å². The summed E-state index contributed by atoms with van der Waals surface area (Å²) in [7, 11) is 0. The fourth-order valence-electron chi connectivity index (χ4n) is 1.86. The molecule has 1 nitrogen and oxygen atoms in total. The van der Waals surface area contributed by atoms with E-state index in [0.717, 1.165) is 5.56 Å². The van der Waals surface area contributed by atoms with Crippen LogP contribution >= 0.6 is 0 Å². The molecule has 1 atom stereocenters. The monoisotopic (exact) mass is 214 g/mol. The number of Topliss-reactive ketones (excluding diaryl/α,β-unsaturated/α-hetero) is 1. The lowest BCUT2D eigenvalue weighted by molar-refractivity contribution is -0.124. The molecule has 1 heteroatoms. The van der Waals surface area contributed by atoms with Crippen molar-refractivity contribution >= 4 is 5.78 Å². The number of hydrogen-bond acceptors (Lipinski definition) is 1. The van der Waals surface area contributed by atoms with E-state index in [0.29, 0.717) is 12.8 Å². The van der Waals surface area contributed by atoms with Gasteiger partial charge in [0.25, 0.3) is 0 Å². The van der Waals surface area contributed by atoms with Crippen LogP contribution in [0.3, 0.4) is 0 Å². The molecule has 1 rings (SSSR count). The fraction of sp³-hybridized carbons (Fsp3) is 0.267. The number of benzene rings is 1. The van der Waals surface area contributed by atoms with Crippen molar-refractivity contribution in [2.75, 3.05) is 0 Å². The predicted molar refractivity (Wildman–Crippen MR) is 68.3 cm³/mol. The molecular weight excluding hydrogens is 196 g/mol. The Morgan fingerprint density at radius 3 is 2.38 bits per heavy atom. The molecule has 0 aliphatic rings. The molecule has 0 radical (unpaired) electrons. The highest BCUT2D eigenvalue weighted by Crippen LogP contribution is 2.30. The van der Waals surface area contributed by atoms with E-state index in [1.165, 1.54) is 0 Å². The van der Waals surface area contributed by atoms with Crippen molar-refractivity contribution in [1.29, 1.82) is 0 Å². The third kappa shape index (κ3) is 2.69. The number of allylic oxidation sites excluding steroid dienone is 2. The maximum atomic E-state index is 11.8. The zero-order chi connectivity index (χ0) is 12.0. The largest absolute Gasteiger partial charge is 0.299 e. The highest BCUT2D eigenvalue weighted by Gasteiger charge is 2.30. The van der Waals surface area contributed by atoms with Crippen molar-refractivity contribution in [3.63, 3.8) is 0 Å². The maximum absolute atomic E-state index is 11.8. The summed E-state index contributed by atoms with van der Waals surface area (Å²) in [5, 5.41) is 0. The molecule has 0 saturated carbocycles. The van der Waals surface area contributed by atoms with Gasteiger partial charge in [0.1, 0.15) is 5.78 Å². The Hall–Kier alpha value is -1.63. The summed E-state index contributed by atoms with van der Waals surface area (Å²) in [6, 6.07) is 10.0. The quantitative estimate of drug-likeness (QED) is 0.662. The minimum Gasteiger partial charge on any atom is -0.299 e. The van der Waals surface area contributed by atoms with Crippen LogP contribution in [0.15, 0.2) is 55.6 Å². The Morgan fingerprint density at radius 2 is 1.94 bits per heavy atom. The molecule has 84 valence electrons. The first-order valence-corrected chi connectivity index (χ1v) is 5.44. The predicted octanol–water partition coefficient (Wildman–Crippen LogP) is 3.57. The molecule has 0 aliphatic carbocycles. The van der Waals surface area contributed by atoms with Crippen LogP contribution in [-0.4, -0.2) is 5.78 Å². The highest BCUT2D eigenvalue weighted by atomic mass is 16.1. The first kappa shape index (κ1) is 12.4. The third-order valence-electron chi connectivity index (χ3n) is 2.96. The number of carbonyl (C=O) groups excluding carboxylic acids is 1. The Kier molecular flexibility index (Phi) is 4.24. The van der Waals surface area contributed by atoms with Crippen LogP contribution in [0, 0.1) is 5.41 Å². The van der Waals surface area contributed by atoms with E-state index < -0.39 is 5.41 Å². The minimum atomic E-state index is -0.497. The molecule has 16 heavy (non-hydrogen) atoms. The summed E-state index contributed by atoms with van der Waals surface area (Å²) < 4.78 is 0. The number of ketones is 1. The summed E-state index contributed by atoms with van der Waals surface area (Å²) in [4.78, 5) is 11.8. The molecule has 0 amide bonds. The molecule has 0 N–H and O–H groups in total. The number of hydrogen-bond donors (Lipinski definition) is 0. The number of carbonyl (C=O) groups is 1. The second-order valence-corrected chi connectivity index (χ2v) is 4.07. The maximum Gasteiger partial charge on any atom is 0.140 e. The molecule has 1 aromatic rings. The summed E-state index contributed by atoms with van der Waals surface area (Å²) in [5.41, 5.74) is 0.655. The zero-order valence-electron chi connectivity index (χ0n) is 9.78. The molecule has 1 unspecified atom stereocenters. The van der Waals surface area contributed by atoms with Gasteiger partial charge in [-0.1, -0.05) is 42.5 Å². The van der Waals surface area contributed by atoms with E-state index >= 15 is 0 Å². The molecule has 0 saturated heterocycles. The van der Waals surface area contributed by atoms with E-state index in [9.17, 15) is 4.79 Å². The van der Waals surface area contributed by atoms with Gasteiger partial charge in [-0.15, -0.1) is 13.2 Å². The van der Waals surface area contributed by atoms with Crippen LogP contribution in [0.4, 0.5) is 0 Å². The van der Waals surface area contributed by atoms with Gasteiger partial charge in [-0.3, -0.25) is 4.79 Å². The lowest BCUT2D eigenvalue weighted by Crippen LogP contribution is -2.28. The second kappa shape index (κ2) is 5.45. The molecule has 0 aliphatic heterocycles. The average Bonchev–Trinajstić information content (AvgIpc) is 2.29. The van der Waals surface area contributed by atoms with Gasteiger partial charge in [-0.05, 0) is 25.3 Å². The molecule has 0 spiro atoms. The van der Waals surface area contributed by atoms with Crippen LogP contribution in [0.25, 0.3) is 0 Å². The Morgan fingerprint density at radius 1 is 1.31 bits per heavy atom. The van der Waals surface area contributed by atoms with Crippen molar-refractivity contribution in [3.05, 3.63) is 61.2 Å². The van der Waals surface area contributed by atoms with Gasteiger partial charge < -0.3 is 0 Å². The lowest BCUT2D eigenvalue weighted by atomic mass is 9.76. The molecular formula is C15H18O. The lowest BCUT2D eigenvalue weighted by Gasteiger charge is -2.26. The molecule has 0 fully saturated rings. The van der Waals surface area contributed by atoms with E-state index in [2.05, 4.69) is 13.2 Å². The zero-order valence-corrected chi connectivity index (χ0v) is 9.78. The summed E-state index contributed by atoms with van der Waals surface area (Å²) in [6.45, 7) is 9.14. The summed E-state index contributed by atoms with van der Waals surface area (Å²) >= 11 is 0. The summed E-state index contributed by atoms with van der Waals surface area (Å²) in [6.07, 6.45) is 4.87. The third-order valence-corrected chi connectivity index (χ3v) is 2.96. The molecule has 0 heterocycles. The van der Waals surface area contributed by atoms with Crippen molar-refractivity contribution in [1.82, 2.24) is 0 Å². The normalized spacial score (nSPS) is 13.8. The van der Waals surface area contributed by atoms with E-state index in [-0.39, 0.29) is 5.78 Å². The minimum absolute atomic E-state index is 0.145. The van der Waals surface area contributed by atoms with Gasteiger partial charge in [-0.2, -0.15) is 0 Å². The van der Waals surface area contributed by atoms with Crippen LogP contribution in [0.1, 0.15) is 18.9 Å². The van der Waals surface area contributed by atoms with Gasteiger partial charge >= 0.3 is 0 Å². The van der Waals surface area contributed by atoms with Gasteiger partial charge in [0.05, 0.1) is 5.41 Å². The standard InChI is InChI=1S/C15H18O/c1-4-11-15(5-2,13(3)16)12-14-9-7-6-8-10-14/h4-10H,1-2,11-12H2,3H3. The van der Waals surface area contributed by atoms with Gasteiger partial charge in [0.2, 0.25) is 0 Å². The Bertz CT molecular complexity index is 378. The van der Waals surface area contributed by atoms with Gasteiger partial charge in [0.15, 0.2) is 0 Å².